The predicted octanol–water partition coefficient (Wildman–Crippen LogP) is 3.95. The highest BCUT2D eigenvalue weighted by molar-refractivity contribution is 6.06. The van der Waals surface area contributed by atoms with Crippen LogP contribution in [0.1, 0.15) is 34.8 Å². The Kier molecular flexibility index (Phi) is 7.90. The minimum atomic E-state index is -4.54. The first-order valence-electron chi connectivity index (χ1n) is 11.6. The minimum absolute atomic E-state index is 0.0251. The minimum Gasteiger partial charge on any atom is -0.453 e. The number of alkyl carbamates (subject to hydrolysis) is 1. The Morgan fingerprint density at radius 2 is 1.97 bits per heavy atom. The highest BCUT2D eigenvalue weighted by atomic mass is 19.4. The number of carbonyl (C=O) groups excluding carboxylic acids is 2. The van der Waals surface area contributed by atoms with Crippen LogP contribution in [0, 0.1) is 0 Å². The number of anilines is 1. The van der Waals surface area contributed by atoms with Gasteiger partial charge >= 0.3 is 12.3 Å². The molecule has 0 spiro atoms. The maximum Gasteiger partial charge on any atom is 0.416 e. The third-order valence-corrected chi connectivity index (χ3v) is 5.46. The van der Waals surface area contributed by atoms with Crippen LogP contribution in [0.15, 0.2) is 46.9 Å². The number of alkyl halides is 3. The van der Waals surface area contributed by atoms with Gasteiger partial charge in [0.2, 0.25) is 5.82 Å². The molecule has 4 aromatic rings. The third kappa shape index (κ3) is 6.08. The molecule has 38 heavy (non-hydrogen) atoms. The Bertz CT molecular complexity index is 1450. The van der Waals surface area contributed by atoms with Gasteiger partial charge in [0, 0.05) is 29.7 Å². The summed E-state index contributed by atoms with van der Waals surface area (Å²) in [6.07, 6.45) is -4.40. The van der Waals surface area contributed by atoms with Crippen molar-refractivity contribution in [2.45, 2.75) is 32.7 Å². The van der Waals surface area contributed by atoms with E-state index in [9.17, 15) is 22.8 Å². The van der Waals surface area contributed by atoms with E-state index in [0.717, 1.165) is 6.07 Å². The van der Waals surface area contributed by atoms with Crippen LogP contribution in [-0.2, 0) is 24.1 Å². The van der Waals surface area contributed by atoms with Crippen LogP contribution in [0.3, 0.4) is 0 Å². The Labute approximate surface area is 214 Å². The van der Waals surface area contributed by atoms with Gasteiger partial charge in [-0.25, -0.2) is 4.79 Å². The zero-order chi connectivity index (χ0) is 27.3. The standard InChI is InChI=1S/C24H24F3N7O4/c1-2-3-14-6-7-17(12-18(14)24(25,26)27)30-22(35)16-5-4-15-10-20(38-19(15)11-16)21-31-32-33-34(21)13-37-23(36)29-9-8-28/h4-7,10-12H,2-3,8-9,13,28H2,1H3,(H,29,36)(H,30,35). The van der Waals surface area contributed by atoms with Gasteiger partial charge in [-0.05, 0) is 52.7 Å². The molecule has 200 valence electrons. The fourth-order valence-electron chi connectivity index (χ4n) is 3.70. The van der Waals surface area contributed by atoms with E-state index in [0.29, 0.717) is 17.4 Å². The number of nitrogens with one attached hydrogen (secondary N) is 2. The lowest BCUT2D eigenvalue weighted by Gasteiger charge is -2.14. The highest BCUT2D eigenvalue weighted by Gasteiger charge is 2.33. The first kappa shape index (κ1) is 26.6. The number of nitrogens with zero attached hydrogens (tertiary/aromatic N) is 4. The smallest absolute Gasteiger partial charge is 0.416 e. The molecule has 4 N–H and O–H groups in total. The Morgan fingerprint density at radius 1 is 1.16 bits per heavy atom. The largest absolute Gasteiger partial charge is 0.453 e. The van der Waals surface area contributed by atoms with Crippen LogP contribution in [0.4, 0.5) is 23.7 Å². The van der Waals surface area contributed by atoms with Crippen molar-refractivity contribution in [3.05, 3.63) is 59.2 Å². The van der Waals surface area contributed by atoms with E-state index in [1.165, 1.54) is 28.9 Å². The number of aromatic nitrogens is 4. The second-order valence-electron chi connectivity index (χ2n) is 8.22. The summed E-state index contributed by atoms with van der Waals surface area (Å²) in [7, 11) is 0. The molecule has 0 unspecified atom stereocenters. The first-order chi connectivity index (χ1) is 18.2. The van der Waals surface area contributed by atoms with Gasteiger partial charge in [-0.1, -0.05) is 25.5 Å². The number of tetrazole rings is 1. The molecular weight excluding hydrogens is 507 g/mol. The summed E-state index contributed by atoms with van der Waals surface area (Å²) in [5.74, 6) is -0.191. The maximum absolute atomic E-state index is 13.5. The molecule has 0 radical (unpaired) electrons. The number of fused-ring (bicyclic) bond motifs is 1. The Balaban J connectivity index is 1.51. The van der Waals surface area contributed by atoms with Crippen molar-refractivity contribution in [2.24, 2.45) is 5.73 Å². The average molecular weight is 531 g/mol. The van der Waals surface area contributed by atoms with E-state index in [-0.39, 0.29) is 54.6 Å². The van der Waals surface area contributed by atoms with Crippen LogP contribution in [-0.4, -0.2) is 45.3 Å². The lowest BCUT2D eigenvalue weighted by Crippen LogP contribution is -2.30. The van der Waals surface area contributed by atoms with Crippen LogP contribution < -0.4 is 16.4 Å². The first-order valence-corrected chi connectivity index (χ1v) is 11.6. The number of rotatable bonds is 9. The molecule has 2 aromatic carbocycles. The fourth-order valence-corrected chi connectivity index (χ4v) is 3.70. The van der Waals surface area contributed by atoms with Gasteiger partial charge in [-0.15, -0.1) is 5.10 Å². The van der Waals surface area contributed by atoms with Crippen molar-refractivity contribution in [3.63, 3.8) is 0 Å². The quantitative estimate of drug-likeness (QED) is 0.294. The summed E-state index contributed by atoms with van der Waals surface area (Å²) in [6, 6.07) is 9.98. The number of amides is 2. The summed E-state index contributed by atoms with van der Waals surface area (Å²) in [6.45, 7) is 2.00. The number of furan rings is 1. The van der Waals surface area contributed by atoms with E-state index >= 15 is 0 Å². The van der Waals surface area contributed by atoms with E-state index in [4.69, 9.17) is 14.9 Å². The van der Waals surface area contributed by atoms with E-state index < -0.39 is 23.7 Å². The molecule has 0 saturated heterocycles. The summed E-state index contributed by atoms with van der Waals surface area (Å²) in [5.41, 5.74) is 5.23. The van der Waals surface area contributed by atoms with Crippen LogP contribution in [0.2, 0.25) is 0 Å². The number of halogens is 3. The predicted molar refractivity (Wildman–Crippen MR) is 130 cm³/mol. The van der Waals surface area contributed by atoms with Crippen molar-refractivity contribution >= 4 is 28.7 Å². The zero-order valence-electron chi connectivity index (χ0n) is 20.2. The summed E-state index contributed by atoms with van der Waals surface area (Å²) >= 11 is 0. The van der Waals surface area contributed by atoms with Crippen LogP contribution >= 0.6 is 0 Å². The van der Waals surface area contributed by atoms with Gasteiger partial charge in [0.25, 0.3) is 5.91 Å². The number of aryl methyl sites for hydroxylation is 1. The number of benzene rings is 2. The number of ether oxygens (including phenoxy) is 1. The van der Waals surface area contributed by atoms with Crippen LogP contribution in [0.25, 0.3) is 22.6 Å². The Morgan fingerprint density at radius 3 is 2.71 bits per heavy atom. The van der Waals surface area contributed by atoms with Crippen LogP contribution in [0.5, 0.6) is 0 Å². The number of nitrogens with two attached hydrogens (primary N) is 1. The molecule has 2 heterocycles. The average Bonchev–Trinajstić information content (AvgIpc) is 3.52. The number of hydrogen-bond donors (Lipinski definition) is 3. The molecule has 4 rings (SSSR count). The Hall–Kier alpha value is -4.46. The normalized spacial score (nSPS) is 11.5. The summed E-state index contributed by atoms with van der Waals surface area (Å²) in [5, 5.41) is 16.8. The molecule has 11 nitrogen and oxygen atoms in total. The third-order valence-electron chi connectivity index (χ3n) is 5.46. The molecule has 0 fully saturated rings. The molecule has 0 aliphatic carbocycles. The second kappa shape index (κ2) is 11.3. The molecule has 0 aliphatic rings. The van der Waals surface area contributed by atoms with Gasteiger partial charge in [-0.3, -0.25) is 4.79 Å². The second-order valence-corrected chi connectivity index (χ2v) is 8.22. The van der Waals surface area contributed by atoms with Crippen molar-refractivity contribution < 1.29 is 31.9 Å². The maximum atomic E-state index is 13.5. The summed E-state index contributed by atoms with van der Waals surface area (Å²) in [4.78, 5) is 24.5. The monoisotopic (exact) mass is 531 g/mol. The highest BCUT2D eigenvalue weighted by Crippen LogP contribution is 2.34. The topological polar surface area (TPSA) is 150 Å². The number of hydrogen-bond acceptors (Lipinski definition) is 8. The molecule has 0 saturated carbocycles. The van der Waals surface area contributed by atoms with Crippen molar-refractivity contribution in [2.75, 3.05) is 18.4 Å². The van der Waals surface area contributed by atoms with E-state index in [1.807, 2.05) is 0 Å². The molecule has 14 heteroatoms. The molecule has 0 aliphatic heterocycles. The lowest BCUT2D eigenvalue weighted by atomic mass is 10.0. The van der Waals surface area contributed by atoms with E-state index in [1.54, 1.807) is 19.1 Å². The van der Waals surface area contributed by atoms with E-state index in [2.05, 4.69) is 26.2 Å². The molecule has 2 aromatic heterocycles. The summed E-state index contributed by atoms with van der Waals surface area (Å²) < 4.78 is 52.5. The van der Waals surface area contributed by atoms with Gasteiger partial charge in [0.1, 0.15) is 5.58 Å². The van der Waals surface area contributed by atoms with Crippen molar-refractivity contribution in [1.82, 2.24) is 25.5 Å². The number of carbonyl (C=O) groups is 2. The SMILES string of the molecule is CCCc1ccc(NC(=O)c2ccc3cc(-c4nnnn4COC(=O)NCCN)oc3c2)cc1C(F)(F)F. The molecule has 2 amide bonds. The molecular formula is C24H24F3N7O4. The van der Waals surface area contributed by atoms with Gasteiger partial charge in [0.15, 0.2) is 12.5 Å². The van der Waals surface area contributed by atoms with Gasteiger partial charge < -0.3 is 25.5 Å². The van der Waals surface area contributed by atoms with Crippen molar-refractivity contribution in [1.29, 1.82) is 0 Å². The lowest BCUT2D eigenvalue weighted by molar-refractivity contribution is -0.138. The zero-order valence-corrected chi connectivity index (χ0v) is 20.2. The fraction of sp³-hybridized carbons (Fsp3) is 0.292. The molecule has 0 bridgehead atoms. The van der Waals surface area contributed by atoms with Gasteiger partial charge in [-0.2, -0.15) is 17.9 Å². The van der Waals surface area contributed by atoms with Gasteiger partial charge in [0.05, 0.1) is 5.56 Å². The van der Waals surface area contributed by atoms with Crippen molar-refractivity contribution in [3.8, 4) is 11.6 Å². The molecule has 0 atom stereocenters.